The normalized spacial score (nSPS) is 11.2. The van der Waals surface area contributed by atoms with Crippen molar-refractivity contribution in [2.75, 3.05) is 22.4 Å². The number of carbonyl (C=O) groups is 1. The van der Waals surface area contributed by atoms with Crippen LogP contribution >= 0.6 is 34.2 Å². The summed E-state index contributed by atoms with van der Waals surface area (Å²) in [7, 11) is -3.76. The largest absolute Gasteiger partial charge is 0.324 e. The Morgan fingerprint density at radius 1 is 1.28 bits per heavy atom. The van der Waals surface area contributed by atoms with Gasteiger partial charge in [0.05, 0.1) is 17.0 Å². The van der Waals surface area contributed by atoms with E-state index in [-0.39, 0.29) is 10.7 Å². The number of rotatable bonds is 5. The van der Waals surface area contributed by atoms with Gasteiger partial charge in [-0.05, 0) is 71.5 Å². The van der Waals surface area contributed by atoms with Crippen molar-refractivity contribution in [3.63, 3.8) is 0 Å². The van der Waals surface area contributed by atoms with Crippen molar-refractivity contribution in [1.82, 2.24) is 0 Å². The van der Waals surface area contributed by atoms with Crippen LogP contribution in [0, 0.1) is 16.3 Å². The maximum atomic E-state index is 13.3. The Labute approximate surface area is 164 Å². The first kappa shape index (κ1) is 19.9. The average Bonchev–Trinajstić information content (AvgIpc) is 2.49. The molecule has 5 nitrogen and oxygen atoms in total. The number of hydrogen-bond donors (Lipinski definition) is 1. The lowest BCUT2D eigenvalue weighted by Crippen LogP contribution is -2.37. The lowest BCUT2D eigenvalue weighted by atomic mass is 10.2. The second-order valence-corrected chi connectivity index (χ2v) is 8.94. The van der Waals surface area contributed by atoms with Crippen molar-refractivity contribution in [1.29, 1.82) is 0 Å². The molecule has 25 heavy (non-hydrogen) atoms. The average molecular weight is 497 g/mol. The van der Waals surface area contributed by atoms with E-state index < -0.39 is 28.3 Å². The van der Waals surface area contributed by atoms with Gasteiger partial charge in [-0.25, -0.2) is 12.8 Å². The molecule has 2 aromatic rings. The lowest BCUT2D eigenvalue weighted by Gasteiger charge is -2.22. The Bertz CT molecular complexity index is 922. The number of hydrogen-bond acceptors (Lipinski definition) is 3. The summed E-state index contributed by atoms with van der Waals surface area (Å²) in [6, 6.07) is 8.94. The molecule has 134 valence electrons. The molecule has 2 rings (SSSR count). The molecule has 2 aromatic carbocycles. The van der Waals surface area contributed by atoms with Crippen LogP contribution in [0.1, 0.15) is 5.56 Å². The van der Waals surface area contributed by atoms with Crippen LogP contribution in [0.3, 0.4) is 0 Å². The van der Waals surface area contributed by atoms with Crippen LogP contribution in [-0.2, 0) is 14.8 Å². The summed E-state index contributed by atoms with van der Waals surface area (Å²) in [6.45, 7) is 1.39. The van der Waals surface area contributed by atoms with Gasteiger partial charge in [-0.3, -0.25) is 9.10 Å². The molecule has 1 amide bonds. The fourth-order valence-electron chi connectivity index (χ4n) is 2.13. The van der Waals surface area contributed by atoms with Gasteiger partial charge in [-0.2, -0.15) is 0 Å². The zero-order valence-corrected chi connectivity index (χ0v) is 17.1. The molecule has 0 fully saturated rings. The van der Waals surface area contributed by atoms with E-state index in [0.717, 1.165) is 25.8 Å². The minimum atomic E-state index is -3.76. The van der Waals surface area contributed by atoms with Crippen LogP contribution in [-0.4, -0.2) is 27.1 Å². The summed E-state index contributed by atoms with van der Waals surface area (Å²) in [4.78, 5) is 12.3. The van der Waals surface area contributed by atoms with Crippen LogP contribution in [0.15, 0.2) is 36.4 Å². The maximum absolute atomic E-state index is 13.3. The van der Waals surface area contributed by atoms with Gasteiger partial charge in [0.1, 0.15) is 12.4 Å². The number of amides is 1. The smallest absolute Gasteiger partial charge is 0.245 e. The maximum Gasteiger partial charge on any atom is 0.245 e. The minimum Gasteiger partial charge on any atom is -0.324 e. The third-order valence-corrected chi connectivity index (χ3v) is 5.44. The van der Waals surface area contributed by atoms with Gasteiger partial charge in [0.15, 0.2) is 0 Å². The summed E-state index contributed by atoms with van der Waals surface area (Å²) in [5, 5.41) is 2.46. The Morgan fingerprint density at radius 3 is 2.52 bits per heavy atom. The van der Waals surface area contributed by atoms with Crippen LogP contribution in [0.5, 0.6) is 0 Å². The van der Waals surface area contributed by atoms with E-state index in [4.69, 9.17) is 11.6 Å². The van der Waals surface area contributed by atoms with Crippen LogP contribution in [0.4, 0.5) is 15.8 Å². The monoisotopic (exact) mass is 496 g/mol. The Kier molecular flexibility index (Phi) is 6.28. The van der Waals surface area contributed by atoms with Gasteiger partial charge < -0.3 is 5.32 Å². The quantitative estimate of drug-likeness (QED) is 0.641. The van der Waals surface area contributed by atoms with E-state index >= 15 is 0 Å². The zero-order chi connectivity index (χ0) is 18.8. The molecule has 0 saturated carbocycles. The highest BCUT2D eigenvalue weighted by Crippen LogP contribution is 2.24. The highest BCUT2D eigenvalue weighted by Gasteiger charge is 2.22. The second-order valence-electron chi connectivity index (χ2n) is 5.38. The second kappa shape index (κ2) is 7.88. The van der Waals surface area contributed by atoms with E-state index in [1.807, 2.05) is 19.1 Å². The van der Waals surface area contributed by atoms with Crippen LogP contribution < -0.4 is 9.62 Å². The molecule has 0 aliphatic carbocycles. The molecule has 0 heterocycles. The van der Waals surface area contributed by atoms with Gasteiger partial charge in [-0.15, -0.1) is 0 Å². The van der Waals surface area contributed by atoms with Crippen molar-refractivity contribution < 1.29 is 17.6 Å². The van der Waals surface area contributed by atoms with Crippen LogP contribution in [0.25, 0.3) is 0 Å². The molecule has 0 aliphatic heterocycles. The summed E-state index contributed by atoms with van der Waals surface area (Å²) in [5.74, 6) is -1.19. The lowest BCUT2D eigenvalue weighted by molar-refractivity contribution is -0.114. The number of halogens is 3. The van der Waals surface area contributed by atoms with E-state index in [0.29, 0.717) is 5.69 Å². The SMILES string of the molecule is Cc1cc(I)ccc1NC(=O)CN(c1ccc(F)c(Cl)c1)S(C)(=O)=O. The topological polar surface area (TPSA) is 66.5 Å². The van der Waals surface area contributed by atoms with E-state index in [1.165, 1.54) is 12.1 Å². The van der Waals surface area contributed by atoms with Crippen LogP contribution in [0.2, 0.25) is 5.02 Å². The molecular weight excluding hydrogens is 482 g/mol. The first-order valence-electron chi connectivity index (χ1n) is 7.06. The van der Waals surface area contributed by atoms with Gasteiger partial charge >= 0.3 is 0 Å². The molecule has 0 radical (unpaired) electrons. The molecule has 0 aromatic heterocycles. The number of nitrogens with zero attached hydrogens (tertiary/aromatic N) is 1. The molecule has 0 bridgehead atoms. The standard InChI is InChI=1S/C16H15ClFIN2O3S/c1-10-7-11(19)3-6-15(10)20-16(22)9-21(25(2,23)24)12-4-5-14(18)13(17)8-12/h3-8H,9H2,1-2H3,(H,20,22). The first-order chi connectivity index (χ1) is 11.6. The number of benzene rings is 2. The fraction of sp³-hybridized carbons (Fsp3) is 0.188. The van der Waals surface area contributed by atoms with E-state index in [1.54, 1.807) is 6.07 Å². The third-order valence-electron chi connectivity index (χ3n) is 3.34. The summed E-state index contributed by atoms with van der Waals surface area (Å²) >= 11 is 7.87. The van der Waals surface area contributed by atoms with Crippen molar-refractivity contribution in [2.24, 2.45) is 0 Å². The molecule has 9 heteroatoms. The van der Waals surface area contributed by atoms with Crippen molar-refractivity contribution in [3.8, 4) is 0 Å². The van der Waals surface area contributed by atoms with Crippen molar-refractivity contribution >= 4 is 61.5 Å². The summed E-state index contributed by atoms with van der Waals surface area (Å²) in [5.41, 5.74) is 1.57. The predicted molar refractivity (Wildman–Crippen MR) is 106 cm³/mol. The van der Waals surface area contributed by atoms with Gasteiger partial charge in [0.2, 0.25) is 15.9 Å². The van der Waals surface area contributed by atoms with E-state index in [9.17, 15) is 17.6 Å². The predicted octanol–water partition coefficient (Wildman–Crippen LogP) is 3.80. The number of sulfonamides is 1. The third kappa shape index (κ3) is 5.29. The van der Waals surface area contributed by atoms with Crippen molar-refractivity contribution in [2.45, 2.75) is 6.92 Å². The molecule has 0 spiro atoms. The zero-order valence-electron chi connectivity index (χ0n) is 13.4. The molecule has 0 saturated heterocycles. The Hall–Kier alpha value is -1.39. The number of carbonyl (C=O) groups excluding carboxylic acids is 1. The highest BCUT2D eigenvalue weighted by molar-refractivity contribution is 14.1. The van der Waals surface area contributed by atoms with Gasteiger partial charge in [-0.1, -0.05) is 11.6 Å². The number of anilines is 2. The molecule has 0 atom stereocenters. The summed E-state index contributed by atoms with van der Waals surface area (Å²) < 4.78 is 39.3. The van der Waals surface area contributed by atoms with E-state index in [2.05, 4.69) is 27.9 Å². The highest BCUT2D eigenvalue weighted by atomic mass is 127. The molecule has 0 aliphatic rings. The number of aryl methyl sites for hydroxylation is 1. The molecule has 0 unspecified atom stereocenters. The first-order valence-corrected chi connectivity index (χ1v) is 10.4. The molecular formula is C16H15ClFIN2O3S. The number of nitrogens with one attached hydrogen (secondary N) is 1. The van der Waals surface area contributed by atoms with Gasteiger partial charge in [0, 0.05) is 9.26 Å². The van der Waals surface area contributed by atoms with Crippen molar-refractivity contribution in [3.05, 3.63) is 56.4 Å². The molecule has 1 N–H and O–H groups in total. The Morgan fingerprint density at radius 2 is 1.96 bits per heavy atom. The Balaban J connectivity index is 2.25. The summed E-state index contributed by atoms with van der Waals surface area (Å²) in [6.07, 6.45) is 0.966. The minimum absolute atomic E-state index is 0.114. The van der Waals surface area contributed by atoms with Gasteiger partial charge in [0.25, 0.3) is 0 Å². The fourth-order valence-corrected chi connectivity index (χ4v) is 3.80.